The highest BCUT2D eigenvalue weighted by Gasteiger charge is 2.17. The molecule has 162 valence electrons. The van der Waals surface area contributed by atoms with Gasteiger partial charge in [0.15, 0.2) is 0 Å². The summed E-state index contributed by atoms with van der Waals surface area (Å²) in [7, 11) is 3.99. The molecule has 0 radical (unpaired) electrons. The Morgan fingerprint density at radius 3 is 2.25 bits per heavy atom. The number of amides is 1. The Labute approximate surface area is 187 Å². The first-order valence-corrected chi connectivity index (χ1v) is 10.5. The SMILES string of the molecule is Cc1ccccc1-c1nnc(-c2ccc(C(=O)NC(CN(C)C)c3ccccc3)cc2)o1. The third-order valence-electron chi connectivity index (χ3n) is 5.25. The smallest absolute Gasteiger partial charge is 0.251 e. The van der Waals surface area contributed by atoms with Crippen LogP contribution in [-0.4, -0.2) is 41.6 Å². The molecule has 32 heavy (non-hydrogen) atoms. The molecule has 1 aromatic heterocycles. The summed E-state index contributed by atoms with van der Waals surface area (Å²) in [6, 6.07) is 25.0. The van der Waals surface area contributed by atoms with Gasteiger partial charge in [0, 0.05) is 23.2 Å². The number of hydrogen-bond donors (Lipinski definition) is 1. The van der Waals surface area contributed by atoms with E-state index >= 15 is 0 Å². The maximum absolute atomic E-state index is 12.9. The van der Waals surface area contributed by atoms with Gasteiger partial charge in [-0.25, -0.2) is 0 Å². The minimum atomic E-state index is -0.126. The average Bonchev–Trinajstić information content (AvgIpc) is 3.29. The molecule has 1 N–H and O–H groups in total. The normalized spacial score (nSPS) is 12.0. The van der Waals surface area contributed by atoms with Crippen LogP contribution in [-0.2, 0) is 0 Å². The van der Waals surface area contributed by atoms with Crippen molar-refractivity contribution in [3.63, 3.8) is 0 Å². The minimum Gasteiger partial charge on any atom is -0.416 e. The standard InChI is InChI=1S/C26H26N4O2/c1-18-9-7-8-12-22(18)26-29-28-25(32-26)21-15-13-20(14-16-21)24(31)27-23(17-30(2)3)19-10-5-4-6-11-19/h4-16,23H,17H2,1-3H3,(H,27,31). The Morgan fingerprint density at radius 1 is 0.906 bits per heavy atom. The number of aryl methyl sites for hydroxylation is 1. The lowest BCUT2D eigenvalue weighted by atomic mass is 10.1. The Bertz CT molecular complexity index is 1180. The maximum atomic E-state index is 12.9. The van der Waals surface area contributed by atoms with Crippen molar-refractivity contribution >= 4 is 5.91 Å². The van der Waals surface area contributed by atoms with Gasteiger partial charge in [-0.2, -0.15) is 0 Å². The molecular formula is C26H26N4O2. The van der Waals surface area contributed by atoms with Crippen LogP contribution in [0.15, 0.2) is 83.3 Å². The predicted molar refractivity (Wildman–Crippen MR) is 125 cm³/mol. The van der Waals surface area contributed by atoms with Gasteiger partial charge >= 0.3 is 0 Å². The Kier molecular flexibility index (Phi) is 6.42. The third-order valence-corrected chi connectivity index (χ3v) is 5.25. The van der Waals surface area contributed by atoms with Crippen LogP contribution in [0.1, 0.15) is 27.5 Å². The molecule has 0 bridgehead atoms. The highest BCUT2D eigenvalue weighted by molar-refractivity contribution is 5.94. The predicted octanol–water partition coefficient (Wildman–Crippen LogP) is 4.74. The lowest BCUT2D eigenvalue weighted by Gasteiger charge is -2.23. The molecule has 0 aliphatic carbocycles. The van der Waals surface area contributed by atoms with Crippen LogP contribution in [0.3, 0.4) is 0 Å². The Hall–Kier alpha value is -3.77. The number of benzene rings is 3. The number of aromatic nitrogens is 2. The molecular weight excluding hydrogens is 400 g/mol. The van der Waals surface area contributed by atoms with Crippen LogP contribution in [0.4, 0.5) is 0 Å². The van der Waals surface area contributed by atoms with Crippen molar-refractivity contribution in [3.05, 3.63) is 95.6 Å². The van der Waals surface area contributed by atoms with Gasteiger partial charge in [-0.15, -0.1) is 10.2 Å². The van der Waals surface area contributed by atoms with Gasteiger partial charge in [-0.05, 0) is 62.5 Å². The van der Waals surface area contributed by atoms with Gasteiger partial charge in [0.2, 0.25) is 11.8 Å². The zero-order valence-electron chi connectivity index (χ0n) is 18.4. The molecule has 0 saturated carbocycles. The summed E-state index contributed by atoms with van der Waals surface area (Å²) in [6.45, 7) is 2.71. The fraction of sp³-hybridized carbons (Fsp3) is 0.192. The van der Waals surface area contributed by atoms with E-state index in [1.807, 2.05) is 87.7 Å². The molecule has 1 heterocycles. The maximum Gasteiger partial charge on any atom is 0.251 e. The van der Waals surface area contributed by atoms with E-state index in [1.54, 1.807) is 12.1 Å². The van der Waals surface area contributed by atoms with Crippen LogP contribution in [0.5, 0.6) is 0 Å². The number of nitrogens with zero attached hydrogens (tertiary/aromatic N) is 3. The number of nitrogens with one attached hydrogen (secondary N) is 1. The van der Waals surface area contributed by atoms with Crippen molar-refractivity contribution in [3.8, 4) is 22.9 Å². The molecule has 1 amide bonds. The molecule has 0 aliphatic heterocycles. The van der Waals surface area contributed by atoms with Gasteiger partial charge in [0.25, 0.3) is 5.91 Å². The monoisotopic (exact) mass is 426 g/mol. The van der Waals surface area contributed by atoms with Gasteiger partial charge < -0.3 is 14.6 Å². The third kappa shape index (κ3) is 4.92. The van der Waals surface area contributed by atoms with E-state index in [2.05, 4.69) is 20.4 Å². The average molecular weight is 427 g/mol. The number of hydrogen-bond acceptors (Lipinski definition) is 5. The van der Waals surface area contributed by atoms with Gasteiger partial charge in [-0.3, -0.25) is 4.79 Å². The van der Waals surface area contributed by atoms with Crippen LogP contribution in [0.2, 0.25) is 0 Å². The molecule has 0 fully saturated rings. The van der Waals surface area contributed by atoms with Crippen LogP contribution in [0.25, 0.3) is 22.9 Å². The van der Waals surface area contributed by atoms with Crippen LogP contribution < -0.4 is 5.32 Å². The fourth-order valence-corrected chi connectivity index (χ4v) is 3.55. The zero-order valence-corrected chi connectivity index (χ0v) is 18.4. The second-order valence-electron chi connectivity index (χ2n) is 8.00. The molecule has 0 saturated heterocycles. The first-order valence-electron chi connectivity index (χ1n) is 10.5. The van der Waals surface area contributed by atoms with Gasteiger partial charge in [-0.1, -0.05) is 48.5 Å². The van der Waals surface area contributed by atoms with E-state index in [0.717, 1.165) is 22.3 Å². The lowest BCUT2D eigenvalue weighted by molar-refractivity contribution is 0.0930. The second-order valence-corrected chi connectivity index (χ2v) is 8.00. The molecule has 6 nitrogen and oxygen atoms in total. The number of rotatable bonds is 7. The summed E-state index contributed by atoms with van der Waals surface area (Å²) >= 11 is 0. The van der Waals surface area contributed by atoms with E-state index in [1.165, 1.54) is 0 Å². The summed E-state index contributed by atoms with van der Waals surface area (Å²) in [5.41, 5.74) is 4.39. The first kappa shape index (κ1) is 21.5. The van der Waals surface area contributed by atoms with E-state index in [-0.39, 0.29) is 11.9 Å². The molecule has 1 unspecified atom stereocenters. The van der Waals surface area contributed by atoms with Crippen LogP contribution in [0, 0.1) is 6.92 Å². The number of carbonyl (C=O) groups is 1. The fourth-order valence-electron chi connectivity index (χ4n) is 3.55. The van der Waals surface area contributed by atoms with Crippen molar-refractivity contribution in [2.75, 3.05) is 20.6 Å². The van der Waals surface area contributed by atoms with Crippen molar-refractivity contribution in [2.24, 2.45) is 0 Å². The summed E-state index contributed by atoms with van der Waals surface area (Å²) in [5, 5.41) is 11.5. The molecule has 6 heteroatoms. The first-order chi connectivity index (χ1) is 15.5. The highest BCUT2D eigenvalue weighted by Crippen LogP contribution is 2.26. The number of carbonyl (C=O) groups excluding carboxylic acids is 1. The van der Waals surface area contributed by atoms with Gasteiger partial charge in [0.05, 0.1) is 6.04 Å². The van der Waals surface area contributed by atoms with E-state index < -0.39 is 0 Å². The number of likely N-dealkylation sites (N-methyl/N-ethyl adjacent to an activating group) is 1. The lowest BCUT2D eigenvalue weighted by Crippen LogP contribution is -2.35. The minimum absolute atomic E-state index is 0.106. The van der Waals surface area contributed by atoms with Crippen molar-refractivity contribution < 1.29 is 9.21 Å². The molecule has 0 spiro atoms. The van der Waals surface area contributed by atoms with E-state index in [9.17, 15) is 4.79 Å². The van der Waals surface area contributed by atoms with Crippen molar-refractivity contribution in [1.29, 1.82) is 0 Å². The molecule has 3 aromatic carbocycles. The summed E-state index contributed by atoms with van der Waals surface area (Å²) < 4.78 is 5.87. The van der Waals surface area contributed by atoms with E-state index in [0.29, 0.717) is 23.9 Å². The molecule has 4 aromatic rings. The Balaban J connectivity index is 1.50. The molecule has 1 atom stereocenters. The molecule has 4 rings (SSSR count). The summed E-state index contributed by atoms with van der Waals surface area (Å²) in [4.78, 5) is 15.0. The van der Waals surface area contributed by atoms with E-state index in [4.69, 9.17) is 4.42 Å². The van der Waals surface area contributed by atoms with Crippen LogP contribution >= 0.6 is 0 Å². The topological polar surface area (TPSA) is 71.3 Å². The largest absolute Gasteiger partial charge is 0.416 e. The summed E-state index contributed by atoms with van der Waals surface area (Å²) in [5.74, 6) is 0.776. The second kappa shape index (κ2) is 9.58. The highest BCUT2D eigenvalue weighted by atomic mass is 16.4. The van der Waals surface area contributed by atoms with Gasteiger partial charge in [0.1, 0.15) is 0 Å². The van der Waals surface area contributed by atoms with Crippen molar-refractivity contribution in [1.82, 2.24) is 20.4 Å². The Morgan fingerprint density at radius 2 is 1.56 bits per heavy atom. The molecule has 0 aliphatic rings. The van der Waals surface area contributed by atoms with Crippen molar-refractivity contribution in [2.45, 2.75) is 13.0 Å². The zero-order chi connectivity index (χ0) is 22.5. The summed E-state index contributed by atoms with van der Waals surface area (Å²) in [6.07, 6.45) is 0. The quantitative estimate of drug-likeness (QED) is 0.462.